The van der Waals surface area contributed by atoms with Gasteiger partial charge in [0, 0.05) is 11.4 Å². The standard InChI is InChI=1S/C13H20N2OS/c1-3-4-9-17-10(2)13(16)15-12-7-5-11(14)6-8-12/h5-8,10H,3-4,9,14H2,1-2H3,(H,15,16). The van der Waals surface area contributed by atoms with Crippen LogP contribution < -0.4 is 11.1 Å². The zero-order valence-electron chi connectivity index (χ0n) is 10.4. The fourth-order valence-corrected chi connectivity index (χ4v) is 2.31. The highest BCUT2D eigenvalue weighted by molar-refractivity contribution is 8.00. The summed E-state index contributed by atoms with van der Waals surface area (Å²) >= 11 is 1.69. The number of anilines is 2. The van der Waals surface area contributed by atoms with E-state index in [4.69, 9.17) is 5.73 Å². The van der Waals surface area contributed by atoms with Crippen LogP contribution in [0.3, 0.4) is 0 Å². The van der Waals surface area contributed by atoms with Crippen molar-refractivity contribution in [1.82, 2.24) is 0 Å². The molecule has 0 saturated heterocycles. The largest absolute Gasteiger partial charge is 0.399 e. The lowest BCUT2D eigenvalue weighted by Crippen LogP contribution is -2.22. The summed E-state index contributed by atoms with van der Waals surface area (Å²) in [7, 11) is 0. The van der Waals surface area contributed by atoms with Crippen LogP contribution in [-0.4, -0.2) is 16.9 Å². The number of unbranched alkanes of at least 4 members (excludes halogenated alkanes) is 1. The van der Waals surface area contributed by atoms with E-state index in [0.717, 1.165) is 17.9 Å². The zero-order chi connectivity index (χ0) is 12.7. The van der Waals surface area contributed by atoms with Gasteiger partial charge in [0.15, 0.2) is 0 Å². The molecule has 0 spiro atoms. The highest BCUT2D eigenvalue weighted by Gasteiger charge is 2.12. The van der Waals surface area contributed by atoms with E-state index in [2.05, 4.69) is 12.2 Å². The second kappa shape index (κ2) is 7.22. The number of nitrogens with one attached hydrogen (secondary N) is 1. The maximum Gasteiger partial charge on any atom is 0.237 e. The zero-order valence-corrected chi connectivity index (χ0v) is 11.2. The van der Waals surface area contributed by atoms with E-state index in [1.165, 1.54) is 6.42 Å². The lowest BCUT2D eigenvalue weighted by atomic mass is 10.3. The number of thioether (sulfide) groups is 1. The Kier molecular flexibility index (Phi) is 5.91. The van der Waals surface area contributed by atoms with Crippen molar-refractivity contribution in [2.24, 2.45) is 0 Å². The van der Waals surface area contributed by atoms with Crippen molar-refractivity contribution < 1.29 is 4.79 Å². The van der Waals surface area contributed by atoms with Crippen molar-refractivity contribution in [1.29, 1.82) is 0 Å². The Morgan fingerprint density at radius 1 is 1.41 bits per heavy atom. The van der Waals surface area contributed by atoms with Gasteiger partial charge in [-0.1, -0.05) is 13.3 Å². The molecule has 0 radical (unpaired) electrons. The molecule has 0 aliphatic heterocycles. The molecule has 17 heavy (non-hydrogen) atoms. The first-order valence-corrected chi connectivity index (χ1v) is 6.96. The lowest BCUT2D eigenvalue weighted by Gasteiger charge is -2.11. The van der Waals surface area contributed by atoms with Gasteiger partial charge >= 0.3 is 0 Å². The fraction of sp³-hybridized carbons (Fsp3) is 0.462. The predicted molar refractivity (Wildman–Crippen MR) is 76.3 cm³/mol. The molecule has 1 unspecified atom stereocenters. The number of hydrogen-bond acceptors (Lipinski definition) is 3. The average molecular weight is 252 g/mol. The molecule has 3 N–H and O–H groups in total. The third-order valence-electron chi connectivity index (χ3n) is 2.41. The van der Waals surface area contributed by atoms with E-state index in [1.807, 2.05) is 19.1 Å². The molecule has 3 nitrogen and oxygen atoms in total. The monoisotopic (exact) mass is 252 g/mol. The Morgan fingerprint density at radius 2 is 2.06 bits per heavy atom. The van der Waals surface area contributed by atoms with Gasteiger partial charge in [0.1, 0.15) is 0 Å². The molecule has 1 rings (SSSR count). The van der Waals surface area contributed by atoms with Crippen molar-refractivity contribution in [2.45, 2.75) is 31.9 Å². The van der Waals surface area contributed by atoms with Crippen LogP contribution in [0.25, 0.3) is 0 Å². The minimum Gasteiger partial charge on any atom is -0.399 e. The van der Waals surface area contributed by atoms with Crippen LogP contribution in [0.2, 0.25) is 0 Å². The molecule has 1 aromatic rings. The first-order valence-electron chi connectivity index (χ1n) is 5.91. The molecule has 0 aliphatic rings. The number of hydrogen-bond donors (Lipinski definition) is 2. The number of carbonyl (C=O) groups is 1. The number of amides is 1. The van der Waals surface area contributed by atoms with Crippen LogP contribution in [0.1, 0.15) is 26.7 Å². The van der Waals surface area contributed by atoms with Gasteiger partial charge in [0.2, 0.25) is 5.91 Å². The molecule has 0 saturated carbocycles. The van der Waals surface area contributed by atoms with Crippen molar-refractivity contribution >= 4 is 29.0 Å². The summed E-state index contributed by atoms with van der Waals surface area (Å²) < 4.78 is 0. The van der Waals surface area contributed by atoms with Crippen molar-refractivity contribution in [3.05, 3.63) is 24.3 Å². The topological polar surface area (TPSA) is 55.1 Å². The molecule has 1 aromatic carbocycles. The Hall–Kier alpha value is -1.16. The van der Waals surface area contributed by atoms with Crippen LogP contribution in [-0.2, 0) is 4.79 Å². The Morgan fingerprint density at radius 3 is 2.65 bits per heavy atom. The Balaban J connectivity index is 2.40. The first-order chi connectivity index (χ1) is 8.13. The van der Waals surface area contributed by atoms with Crippen LogP contribution >= 0.6 is 11.8 Å². The number of carbonyl (C=O) groups excluding carboxylic acids is 1. The van der Waals surface area contributed by atoms with Crippen molar-refractivity contribution in [3.8, 4) is 0 Å². The van der Waals surface area contributed by atoms with Gasteiger partial charge in [-0.2, -0.15) is 0 Å². The van der Waals surface area contributed by atoms with Gasteiger partial charge in [0.25, 0.3) is 0 Å². The molecule has 0 fully saturated rings. The third kappa shape index (κ3) is 5.13. The Labute approximate surface area is 107 Å². The minimum absolute atomic E-state index is 0.0147. The second-order valence-electron chi connectivity index (χ2n) is 3.98. The molecule has 94 valence electrons. The summed E-state index contributed by atoms with van der Waals surface area (Å²) in [6, 6.07) is 7.20. The van der Waals surface area contributed by atoms with Gasteiger partial charge < -0.3 is 11.1 Å². The summed E-state index contributed by atoms with van der Waals surface area (Å²) in [6.45, 7) is 4.09. The molecule has 0 heterocycles. The summed E-state index contributed by atoms with van der Waals surface area (Å²) in [6.07, 6.45) is 2.32. The van der Waals surface area contributed by atoms with Crippen molar-refractivity contribution in [3.63, 3.8) is 0 Å². The number of nitrogen functional groups attached to an aromatic ring is 1. The van der Waals surface area contributed by atoms with E-state index in [9.17, 15) is 4.79 Å². The molecule has 1 amide bonds. The van der Waals surface area contributed by atoms with Crippen LogP contribution in [0.5, 0.6) is 0 Å². The molecule has 0 aliphatic carbocycles. The first kappa shape index (κ1) is 13.9. The smallest absolute Gasteiger partial charge is 0.237 e. The van der Waals surface area contributed by atoms with Crippen LogP contribution in [0.4, 0.5) is 11.4 Å². The van der Waals surface area contributed by atoms with Crippen LogP contribution in [0, 0.1) is 0 Å². The quantitative estimate of drug-likeness (QED) is 0.604. The summed E-state index contributed by atoms with van der Waals surface area (Å²) in [4.78, 5) is 11.8. The maximum absolute atomic E-state index is 11.8. The predicted octanol–water partition coefficient (Wildman–Crippen LogP) is 3.13. The summed E-state index contributed by atoms with van der Waals surface area (Å²) in [5, 5.41) is 2.87. The summed E-state index contributed by atoms with van der Waals surface area (Å²) in [5.41, 5.74) is 7.08. The van der Waals surface area contributed by atoms with Gasteiger partial charge in [-0.3, -0.25) is 4.79 Å². The highest BCUT2D eigenvalue weighted by Crippen LogP contribution is 2.16. The molecular formula is C13H20N2OS. The fourth-order valence-electron chi connectivity index (χ4n) is 1.29. The van der Waals surface area contributed by atoms with Gasteiger partial charge in [-0.25, -0.2) is 0 Å². The lowest BCUT2D eigenvalue weighted by molar-refractivity contribution is -0.115. The Bertz CT molecular complexity index is 351. The molecule has 0 bridgehead atoms. The number of nitrogens with two attached hydrogens (primary N) is 1. The highest BCUT2D eigenvalue weighted by atomic mass is 32.2. The van der Waals surface area contributed by atoms with E-state index < -0.39 is 0 Å². The molecule has 4 heteroatoms. The average Bonchev–Trinajstić information content (AvgIpc) is 2.32. The SMILES string of the molecule is CCCCSC(C)C(=O)Nc1ccc(N)cc1. The van der Waals surface area contributed by atoms with E-state index in [-0.39, 0.29) is 11.2 Å². The van der Waals surface area contributed by atoms with E-state index in [0.29, 0.717) is 5.69 Å². The maximum atomic E-state index is 11.8. The third-order valence-corrected chi connectivity index (χ3v) is 3.65. The second-order valence-corrected chi connectivity index (χ2v) is 5.43. The number of benzene rings is 1. The normalized spacial score (nSPS) is 12.1. The molecular weight excluding hydrogens is 232 g/mol. The van der Waals surface area contributed by atoms with Gasteiger partial charge in [-0.15, -0.1) is 11.8 Å². The van der Waals surface area contributed by atoms with E-state index >= 15 is 0 Å². The van der Waals surface area contributed by atoms with Gasteiger partial charge in [0.05, 0.1) is 5.25 Å². The van der Waals surface area contributed by atoms with Gasteiger partial charge in [-0.05, 0) is 43.4 Å². The molecule has 1 atom stereocenters. The molecule has 0 aromatic heterocycles. The van der Waals surface area contributed by atoms with E-state index in [1.54, 1.807) is 23.9 Å². The minimum atomic E-state index is -0.0147. The van der Waals surface area contributed by atoms with Crippen LogP contribution in [0.15, 0.2) is 24.3 Å². The summed E-state index contributed by atoms with van der Waals surface area (Å²) in [5.74, 6) is 1.09. The number of rotatable bonds is 6. The van der Waals surface area contributed by atoms with Crippen molar-refractivity contribution in [2.75, 3.05) is 16.8 Å².